The number of carbonyl (C=O) groups is 3. The van der Waals surface area contributed by atoms with Gasteiger partial charge in [-0.1, -0.05) is 67.7 Å². The molecule has 3 aliphatic rings. The summed E-state index contributed by atoms with van der Waals surface area (Å²) in [6.07, 6.45) is 1.18. The van der Waals surface area contributed by atoms with Crippen molar-refractivity contribution in [2.75, 3.05) is 37.6 Å². The van der Waals surface area contributed by atoms with Crippen molar-refractivity contribution >= 4 is 42.4 Å². The van der Waals surface area contributed by atoms with Crippen molar-refractivity contribution in [1.29, 1.82) is 0 Å². The fraction of sp³-hybridized carbons (Fsp3) is 0.372. The topological polar surface area (TPSA) is 118 Å². The van der Waals surface area contributed by atoms with Gasteiger partial charge in [-0.3, -0.25) is 14.4 Å². The molecule has 10 nitrogen and oxygen atoms in total. The number of nitrogens with zero attached hydrogens (tertiary/aromatic N) is 2. The van der Waals surface area contributed by atoms with Crippen LogP contribution in [0.15, 0.2) is 97.1 Å². The lowest BCUT2D eigenvalue weighted by Gasteiger charge is -2.37. The number of hydrogen-bond acceptors (Lipinski definition) is 7. The summed E-state index contributed by atoms with van der Waals surface area (Å²) >= 11 is 0. The monoisotopic (exact) mass is 747 g/mol. The van der Waals surface area contributed by atoms with Crippen molar-refractivity contribution in [3.05, 3.63) is 114 Å². The highest BCUT2D eigenvalue weighted by atomic mass is 28.3. The van der Waals surface area contributed by atoms with Gasteiger partial charge in [-0.05, 0) is 78.5 Å². The van der Waals surface area contributed by atoms with Gasteiger partial charge in [0.1, 0.15) is 11.5 Å². The van der Waals surface area contributed by atoms with Crippen molar-refractivity contribution in [2.24, 2.45) is 5.92 Å². The number of fused-ring (bicyclic) bond motifs is 2. The molecule has 11 heteroatoms. The first-order chi connectivity index (χ1) is 26.0. The first-order valence-electron chi connectivity index (χ1n) is 18.7. The van der Waals surface area contributed by atoms with Crippen LogP contribution in [-0.4, -0.2) is 75.3 Å². The van der Waals surface area contributed by atoms with Gasteiger partial charge < -0.3 is 34.4 Å². The van der Waals surface area contributed by atoms with Crippen molar-refractivity contribution < 1.29 is 33.7 Å². The SMILES string of the molecule is COc1ccc([Si](C)(C)[C@@H]2[C@@H](CC(=O)N3CCC[C@H]3CO)O[C@]3(C(=O)N(Cc4ccc(NC(=O)c5ccccc5)cc4)c4ccc(OC)cc43)[C@H]2C)cc1. The van der Waals surface area contributed by atoms with E-state index < -0.39 is 19.8 Å². The number of aliphatic hydroxyl groups is 1. The smallest absolute Gasteiger partial charge is 0.264 e. The fourth-order valence-electron chi connectivity index (χ4n) is 9.09. The molecule has 5 atom stereocenters. The van der Waals surface area contributed by atoms with E-state index in [1.54, 1.807) is 36.2 Å². The molecule has 0 unspecified atom stereocenters. The summed E-state index contributed by atoms with van der Waals surface area (Å²) in [5.74, 6) is 0.649. The van der Waals surface area contributed by atoms with E-state index in [1.165, 1.54) is 5.19 Å². The molecule has 3 heterocycles. The summed E-state index contributed by atoms with van der Waals surface area (Å²) < 4.78 is 18.4. The van der Waals surface area contributed by atoms with Gasteiger partial charge in [0.25, 0.3) is 11.8 Å². The summed E-state index contributed by atoms with van der Waals surface area (Å²) in [7, 11) is 0.773. The molecule has 3 aliphatic heterocycles. The lowest BCUT2D eigenvalue weighted by molar-refractivity contribution is -0.150. The molecule has 2 saturated heterocycles. The molecule has 0 aromatic heterocycles. The molecule has 0 radical (unpaired) electrons. The van der Waals surface area contributed by atoms with Gasteiger partial charge in [0, 0.05) is 29.3 Å². The predicted molar refractivity (Wildman–Crippen MR) is 211 cm³/mol. The van der Waals surface area contributed by atoms with Crippen LogP contribution in [0.1, 0.15) is 47.7 Å². The number of nitrogens with one attached hydrogen (secondary N) is 1. The predicted octanol–water partition coefficient (Wildman–Crippen LogP) is 6.09. The molecule has 54 heavy (non-hydrogen) atoms. The zero-order valence-electron chi connectivity index (χ0n) is 31.6. The van der Waals surface area contributed by atoms with E-state index in [0.717, 1.165) is 35.4 Å². The Morgan fingerprint density at radius 1 is 0.944 bits per heavy atom. The number of likely N-dealkylation sites (tertiary alicyclic amines) is 1. The Balaban J connectivity index is 1.24. The number of aliphatic hydroxyl groups excluding tert-OH is 1. The van der Waals surface area contributed by atoms with Gasteiger partial charge in [-0.2, -0.15) is 0 Å². The van der Waals surface area contributed by atoms with E-state index in [-0.39, 0.29) is 54.8 Å². The average Bonchev–Trinajstić information content (AvgIpc) is 3.86. The maximum Gasteiger partial charge on any atom is 0.264 e. The van der Waals surface area contributed by atoms with Crippen LogP contribution in [0.2, 0.25) is 18.6 Å². The minimum absolute atomic E-state index is 0.0575. The van der Waals surface area contributed by atoms with Gasteiger partial charge in [0.15, 0.2) is 5.60 Å². The van der Waals surface area contributed by atoms with Gasteiger partial charge in [0.05, 0.1) is 59.7 Å². The Morgan fingerprint density at radius 2 is 1.63 bits per heavy atom. The van der Waals surface area contributed by atoms with Gasteiger partial charge >= 0.3 is 0 Å². The highest BCUT2D eigenvalue weighted by Gasteiger charge is 2.66. The number of hydrogen-bond donors (Lipinski definition) is 2. The fourth-order valence-corrected chi connectivity index (χ4v) is 13.1. The van der Waals surface area contributed by atoms with Crippen LogP contribution in [0.5, 0.6) is 11.5 Å². The molecule has 0 bridgehead atoms. The zero-order valence-corrected chi connectivity index (χ0v) is 32.6. The van der Waals surface area contributed by atoms with Gasteiger partial charge in [-0.15, -0.1) is 0 Å². The third-order valence-electron chi connectivity index (χ3n) is 11.9. The third kappa shape index (κ3) is 6.58. The van der Waals surface area contributed by atoms with Crippen LogP contribution in [0, 0.1) is 5.92 Å². The van der Waals surface area contributed by atoms with E-state index in [4.69, 9.17) is 14.2 Å². The third-order valence-corrected chi connectivity index (χ3v) is 16.3. The first kappa shape index (κ1) is 37.3. The molecule has 0 aliphatic carbocycles. The zero-order chi connectivity index (χ0) is 38.2. The van der Waals surface area contributed by atoms with Crippen molar-refractivity contribution in [2.45, 2.75) is 69.1 Å². The second kappa shape index (κ2) is 15.0. The second-order valence-corrected chi connectivity index (χ2v) is 19.9. The van der Waals surface area contributed by atoms with Crippen molar-refractivity contribution in [3.63, 3.8) is 0 Å². The molecule has 7 rings (SSSR count). The summed E-state index contributed by atoms with van der Waals surface area (Å²) in [6.45, 7) is 7.50. The number of amides is 3. The Morgan fingerprint density at radius 3 is 2.30 bits per heavy atom. The molecular weight excluding hydrogens is 699 g/mol. The number of rotatable bonds is 11. The highest BCUT2D eigenvalue weighted by Crippen LogP contribution is 2.60. The normalized spacial score (nSPS) is 23.5. The van der Waals surface area contributed by atoms with E-state index in [2.05, 4.69) is 37.5 Å². The lowest BCUT2D eigenvalue weighted by Crippen LogP contribution is -2.52. The van der Waals surface area contributed by atoms with Crippen LogP contribution >= 0.6 is 0 Å². The Kier molecular flexibility index (Phi) is 10.4. The molecule has 2 N–H and O–H groups in total. The summed E-state index contributed by atoms with van der Waals surface area (Å²) in [4.78, 5) is 45.7. The van der Waals surface area contributed by atoms with Gasteiger partial charge in [-0.25, -0.2) is 0 Å². The minimum Gasteiger partial charge on any atom is -0.497 e. The molecule has 1 spiro atoms. The number of carbonyl (C=O) groups excluding carboxylic acids is 3. The van der Waals surface area contributed by atoms with Crippen molar-refractivity contribution in [1.82, 2.24) is 4.90 Å². The lowest BCUT2D eigenvalue weighted by atomic mass is 9.82. The maximum absolute atomic E-state index is 15.2. The van der Waals surface area contributed by atoms with Crippen LogP contribution in [0.25, 0.3) is 0 Å². The minimum atomic E-state index is -2.48. The highest BCUT2D eigenvalue weighted by molar-refractivity contribution is 6.91. The summed E-state index contributed by atoms with van der Waals surface area (Å²) in [6, 6.07) is 30.2. The molecule has 4 aromatic rings. The molecule has 0 saturated carbocycles. The largest absolute Gasteiger partial charge is 0.497 e. The van der Waals surface area contributed by atoms with Crippen molar-refractivity contribution in [3.8, 4) is 11.5 Å². The van der Waals surface area contributed by atoms with E-state index in [1.807, 2.05) is 72.8 Å². The molecular formula is C43H49N3O7Si. The number of anilines is 2. The number of benzene rings is 4. The number of methoxy groups -OCH3 is 2. The quantitative estimate of drug-likeness (QED) is 0.178. The standard InChI is InChI=1S/C43H49N3O7Si/c1-28-40(54(4,5)35-20-17-33(51-2)18-21-35)38(25-39(48)45-23-9-12-32(45)27-47)53-43(28)36-24-34(52-3)19-22-37(36)46(42(43)50)26-29-13-15-31(16-14-29)44-41(49)30-10-7-6-8-11-30/h6-8,10-11,13-22,24,28,32,38,40,47H,9,12,23,25-27H2,1-5H3,(H,44,49)/t28-,32-,38+,40-,43+/m0/s1. The Hall–Kier alpha value is -4.97. The van der Waals surface area contributed by atoms with E-state index in [0.29, 0.717) is 23.5 Å². The van der Waals surface area contributed by atoms with Crippen LogP contribution in [0.4, 0.5) is 11.4 Å². The molecule has 4 aromatic carbocycles. The molecule has 3 amide bonds. The summed E-state index contributed by atoms with van der Waals surface area (Å²) in [5, 5.41) is 14.2. The summed E-state index contributed by atoms with van der Waals surface area (Å²) in [5.41, 5.74) is 2.09. The van der Waals surface area contributed by atoms with Crippen LogP contribution in [0.3, 0.4) is 0 Å². The average molecular weight is 748 g/mol. The number of ether oxygens (including phenoxy) is 3. The van der Waals surface area contributed by atoms with Gasteiger partial charge in [0.2, 0.25) is 5.91 Å². The van der Waals surface area contributed by atoms with E-state index >= 15 is 4.79 Å². The maximum atomic E-state index is 15.2. The van der Waals surface area contributed by atoms with Crippen LogP contribution < -0.4 is 24.9 Å². The Labute approximate surface area is 318 Å². The molecule has 282 valence electrons. The molecule has 2 fully saturated rings. The van der Waals surface area contributed by atoms with E-state index in [9.17, 15) is 14.7 Å². The second-order valence-electron chi connectivity index (χ2n) is 15.2. The Bertz CT molecular complexity index is 2010. The first-order valence-corrected chi connectivity index (χ1v) is 21.8. The van der Waals surface area contributed by atoms with Crippen LogP contribution in [-0.2, 0) is 26.5 Å².